The number of carbonyl (C=O) groups is 2. The van der Waals surface area contributed by atoms with Gasteiger partial charge in [-0.1, -0.05) is 12.1 Å². The van der Waals surface area contributed by atoms with Crippen LogP contribution in [0.4, 0.5) is 0 Å². The van der Waals surface area contributed by atoms with Crippen molar-refractivity contribution >= 4 is 11.9 Å². The number of carbonyl (C=O) groups excluding carboxylic acids is 1. The van der Waals surface area contributed by atoms with Crippen LogP contribution in [0.1, 0.15) is 17.3 Å². The average Bonchev–Trinajstić information content (AvgIpc) is 2.27. The number of amides is 1. The molecule has 1 rings (SSSR count). The fourth-order valence-electron chi connectivity index (χ4n) is 1.30. The monoisotopic (exact) mass is 235 g/mol. The second-order valence-corrected chi connectivity index (χ2v) is 3.32. The predicted molar refractivity (Wildman–Crippen MR) is 61.9 cm³/mol. The zero-order valence-corrected chi connectivity index (χ0v) is 9.56. The number of methoxy groups -OCH3 is 1. The number of para-hydroxylation sites is 1. The molecule has 0 radical (unpaired) electrons. The van der Waals surface area contributed by atoms with Crippen LogP contribution >= 0.6 is 0 Å². The highest BCUT2D eigenvalue weighted by Crippen LogP contribution is 2.17. The molecule has 0 spiro atoms. The SMILES string of the molecule is COc1ccccc1C(=O)N/C(C)=C/C(=O)O. The Balaban J connectivity index is 2.87. The standard InChI is InChI=1S/C12H13NO4/c1-8(7-11(14)15)13-12(16)9-5-3-4-6-10(9)17-2/h3-7H,1-2H3,(H,13,16)(H,14,15)/b8-7+. The Morgan fingerprint density at radius 1 is 1.35 bits per heavy atom. The average molecular weight is 235 g/mol. The molecule has 0 saturated carbocycles. The number of carboxylic acids is 1. The number of nitrogens with one attached hydrogen (secondary N) is 1. The molecule has 2 N–H and O–H groups in total. The van der Waals surface area contributed by atoms with Crippen molar-refractivity contribution in [3.63, 3.8) is 0 Å². The largest absolute Gasteiger partial charge is 0.496 e. The van der Waals surface area contributed by atoms with Crippen LogP contribution in [-0.4, -0.2) is 24.1 Å². The predicted octanol–water partition coefficient (Wildman–Crippen LogP) is 1.41. The molecule has 0 aliphatic carbocycles. The second kappa shape index (κ2) is 5.69. The molecule has 0 bridgehead atoms. The van der Waals surface area contributed by atoms with Crippen LogP contribution in [0, 0.1) is 0 Å². The van der Waals surface area contributed by atoms with Gasteiger partial charge in [0.2, 0.25) is 0 Å². The number of aliphatic carboxylic acids is 1. The Morgan fingerprint density at radius 2 is 2.00 bits per heavy atom. The lowest BCUT2D eigenvalue weighted by molar-refractivity contribution is -0.131. The molecule has 1 amide bonds. The van der Waals surface area contributed by atoms with E-state index in [1.807, 2.05) is 0 Å². The van der Waals surface area contributed by atoms with Crippen LogP contribution < -0.4 is 10.1 Å². The second-order valence-electron chi connectivity index (χ2n) is 3.32. The van der Waals surface area contributed by atoms with Crippen LogP contribution in [0.25, 0.3) is 0 Å². The van der Waals surface area contributed by atoms with Gasteiger partial charge in [-0.3, -0.25) is 4.79 Å². The topological polar surface area (TPSA) is 75.6 Å². The highest BCUT2D eigenvalue weighted by molar-refractivity contribution is 5.98. The number of carboxylic acid groups (broad SMARTS) is 1. The van der Waals surface area contributed by atoms with Crippen LogP contribution in [0.2, 0.25) is 0 Å². The summed E-state index contributed by atoms with van der Waals surface area (Å²) in [6, 6.07) is 6.70. The first kappa shape index (κ1) is 12.8. The Morgan fingerprint density at radius 3 is 2.59 bits per heavy atom. The Labute approximate surface area is 98.7 Å². The van der Waals surface area contributed by atoms with E-state index in [0.29, 0.717) is 11.3 Å². The highest BCUT2D eigenvalue weighted by Gasteiger charge is 2.11. The van der Waals surface area contributed by atoms with Crippen molar-refractivity contribution in [1.82, 2.24) is 5.32 Å². The van der Waals surface area contributed by atoms with Gasteiger partial charge in [0, 0.05) is 11.8 Å². The molecule has 90 valence electrons. The lowest BCUT2D eigenvalue weighted by atomic mass is 10.2. The molecule has 0 fully saturated rings. The quantitative estimate of drug-likeness (QED) is 0.774. The minimum Gasteiger partial charge on any atom is -0.496 e. The van der Waals surface area contributed by atoms with Crippen molar-refractivity contribution < 1.29 is 19.4 Å². The van der Waals surface area contributed by atoms with Gasteiger partial charge >= 0.3 is 5.97 Å². The van der Waals surface area contributed by atoms with Gasteiger partial charge in [-0.25, -0.2) is 4.79 Å². The molecule has 0 atom stereocenters. The van der Waals surface area contributed by atoms with E-state index >= 15 is 0 Å². The van der Waals surface area contributed by atoms with E-state index in [4.69, 9.17) is 9.84 Å². The zero-order chi connectivity index (χ0) is 12.8. The lowest BCUT2D eigenvalue weighted by Crippen LogP contribution is -2.22. The van der Waals surface area contributed by atoms with Gasteiger partial charge in [-0.05, 0) is 19.1 Å². The van der Waals surface area contributed by atoms with Gasteiger partial charge in [0.15, 0.2) is 0 Å². The van der Waals surface area contributed by atoms with Gasteiger partial charge in [0.25, 0.3) is 5.91 Å². The maximum atomic E-state index is 11.8. The minimum atomic E-state index is -1.11. The lowest BCUT2D eigenvalue weighted by Gasteiger charge is -2.08. The number of hydrogen-bond acceptors (Lipinski definition) is 3. The molecule has 1 aromatic carbocycles. The number of rotatable bonds is 4. The van der Waals surface area contributed by atoms with E-state index in [1.54, 1.807) is 24.3 Å². The summed E-state index contributed by atoms with van der Waals surface area (Å²) >= 11 is 0. The first-order valence-corrected chi connectivity index (χ1v) is 4.90. The summed E-state index contributed by atoms with van der Waals surface area (Å²) in [6.07, 6.45) is 0.924. The number of ether oxygens (including phenoxy) is 1. The molecule has 0 heterocycles. The van der Waals surface area contributed by atoms with Gasteiger partial charge < -0.3 is 15.2 Å². The summed E-state index contributed by atoms with van der Waals surface area (Å²) in [5, 5.41) is 11.0. The number of allylic oxidation sites excluding steroid dienone is 1. The van der Waals surface area contributed by atoms with Crippen LogP contribution in [0.3, 0.4) is 0 Å². The number of hydrogen-bond donors (Lipinski definition) is 2. The Bertz CT molecular complexity index is 465. The van der Waals surface area contributed by atoms with Crippen molar-refractivity contribution in [3.8, 4) is 5.75 Å². The van der Waals surface area contributed by atoms with Gasteiger partial charge in [0.1, 0.15) is 5.75 Å². The molecular formula is C12H13NO4. The van der Waals surface area contributed by atoms with E-state index in [9.17, 15) is 9.59 Å². The molecule has 1 aromatic rings. The molecule has 0 aliphatic heterocycles. The summed E-state index contributed by atoms with van der Waals surface area (Å²) in [5.41, 5.74) is 0.613. The first-order chi connectivity index (χ1) is 8.04. The molecular weight excluding hydrogens is 222 g/mol. The van der Waals surface area contributed by atoms with Crippen molar-refractivity contribution in [3.05, 3.63) is 41.6 Å². The normalized spacial score (nSPS) is 10.8. The molecule has 0 saturated heterocycles. The van der Waals surface area contributed by atoms with Crippen LogP contribution in [0.5, 0.6) is 5.75 Å². The summed E-state index contributed by atoms with van der Waals surface area (Å²) in [6.45, 7) is 1.50. The summed E-state index contributed by atoms with van der Waals surface area (Å²) < 4.78 is 5.03. The maximum Gasteiger partial charge on any atom is 0.330 e. The summed E-state index contributed by atoms with van der Waals surface area (Å²) in [4.78, 5) is 22.2. The smallest absolute Gasteiger partial charge is 0.330 e. The van der Waals surface area contributed by atoms with Crippen LogP contribution in [0.15, 0.2) is 36.0 Å². The Kier molecular flexibility index (Phi) is 4.28. The zero-order valence-electron chi connectivity index (χ0n) is 9.56. The van der Waals surface area contributed by atoms with Gasteiger partial charge in [-0.15, -0.1) is 0 Å². The van der Waals surface area contributed by atoms with Gasteiger partial charge in [-0.2, -0.15) is 0 Å². The summed E-state index contributed by atoms with van der Waals surface area (Å²) in [5.74, 6) is -1.08. The molecule has 5 heteroatoms. The van der Waals surface area contributed by atoms with Crippen molar-refractivity contribution in [2.75, 3.05) is 7.11 Å². The van der Waals surface area contributed by atoms with Gasteiger partial charge in [0.05, 0.1) is 12.7 Å². The number of benzene rings is 1. The third kappa shape index (κ3) is 3.64. The van der Waals surface area contributed by atoms with E-state index in [2.05, 4.69) is 5.32 Å². The van der Waals surface area contributed by atoms with Crippen LogP contribution in [-0.2, 0) is 4.79 Å². The fraction of sp³-hybridized carbons (Fsp3) is 0.167. The third-order valence-electron chi connectivity index (χ3n) is 2.00. The van der Waals surface area contributed by atoms with Crippen molar-refractivity contribution in [2.45, 2.75) is 6.92 Å². The maximum absolute atomic E-state index is 11.8. The van der Waals surface area contributed by atoms with Crippen molar-refractivity contribution in [2.24, 2.45) is 0 Å². The fourth-order valence-corrected chi connectivity index (χ4v) is 1.30. The molecule has 17 heavy (non-hydrogen) atoms. The van der Waals surface area contributed by atoms with E-state index in [0.717, 1.165) is 6.08 Å². The van der Waals surface area contributed by atoms with E-state index in [-0.39, 0.29) is 5.70 Å². The molecule has 5 nitrogen and oxygen atoms in total. The van der Waals surface area contributed by atoms with E-state index in [1.165, 1.54) is 14.0 Å². The molecule has 0 aromatic heterocycles. The molecule has 0 unspecified atom stereocenters. The summed E-state index contributed by atoms with van der Waals surface area (Å²) in [7, 11) is 1.46. The molecule has 0 aliphatic rings. The van der Waals surface area contributed by atoms with E-state index < -0.39 is 11.9 Å². The van der Waals surface area contributed by atoms with Crippen molar-refractivity contribution in [1.29, 1.82) is 0 Å². The minimum absolute atomic E-state index is 0.258. The Hall–Kier alpha value is -2.30. The first-order valence-electron chi connectivity index (χ1n) is 4.90. The highest BCUT2D eigenvalue weighted by atomic mass is 16.5. The third-order valence-corrected chi connectivity index (χ3v) is 2.00.